The lowest BCUT2D eigenvalue weighted by molar-refractivity contribution is -0.134. The van der Waals surface area contributed by atoms with Crippen LogP contribution in [0.3, 0.4) is 0 Å². The number of alkyl carbamates (subject to hydrolysis) is 1. The third-order valence-electron chi connectivity index (χ3n) is 8.13. The summed E-state index contributed by atoms with van der Waals surface area (Å²) in [5, 5.41) is 32.4. The average Bonchev–Trinajstić information content (AvgIpc) is 3.85. The smallest absolute Gasteiger partial charge is 0.407 e. The van der Waals surface area contributed by atoms with Crippen LogP contribution in [0.2, 0.25) is 0 Å². The van der Waals surface area contributed by atoms with Crippen LogP contribution < -0.4 is 11.1 Å². The van der Waals surface area contributed by atoms with Gasteiger partial charge in [-0.15, -0.1) is 0 Å². The summed E-state index contributed by atoms with van der Waals surface area (Å²) in [6.45, 7) is 8.72. The fraction of sp³-hybridized carbons (Fsp3) is 0.412. The molecule has 0 saturated carbocycles. The maximum absolute atomic E-state index is 14.9. The van der Waals surface area contributed by atoms with E-state index in [0.29, 0.717) is 32.8 Å². The van der Waals surface area contributed by atoms with Crippen LogP contribution in [0.1, 0.15) is 59.0 Å². The van der Waals surface area contributed by atoms with E-state index in [1.54, 1.807) is 43.3 Å². The Morgan fingerprint density at radius 2 is 1.86 bits per heavy atom. The number of alkyl halides is 2. The average molecular weight is 730 g/mol. The highest BCUT2D eigenvalue weighted by Crippen LogP contribution is 2.44. The molecule has 0 aliphatic carbocycles. The Bertz CT molecular complexity index is 1810. The molecule has 2 atom stereocenters. The standard InChI is InChI=1S/C34H42ClF2N9O5/c1-7-25(35)24(27-39-19-40-44-27)12-20(2)26(15-51-31(50)43-33(6,17-47)18-48)46-28(49)34(42-30(46)38,16-32(3,4)5)23-10-8-21(9-11-23)22-13-41-45(14-22)29(36)37/h7-14,19,26,29,47-48H,2,15-18H2,1,3-6H3,(H2,38,42)(H,43,50)(H,39,40,44)/b24-12+,25-7+/t26-,34-/m1/s1. The zero-order valence-corrected chi connectivity index (χ0v) is 29.7. The number of benzene rings is 1. The number of nitrogens with one attached hydrogen (secondary N) is 2. The van der Waals surface area contributed by atoms with Crippen molar-refractivity contribution in [2.75, 3.05) is 19.8 Å². The van der Waals surface area contributed by atoms with Gasteiger partial charge in [0.1, 0.15) is 12.9 Å². The third-order valence-corrected chi connectivity index (χ3v) is 8.55. The van der Waals surface area contributed by atoms with Crippen LogP contribution in [0.5, 0.6) is 0 Å². The molecule has 1 aliphatic heterocycles. The van der Waals surface area contributed by atoms with Crippen molar-refractivity contribution >= 4 is 35.1 Å². The number of hydrogen-bond donors (Lipinski definition) is 5. The quantitative estimate of drug-likeness (QED) is 0.149. The van der Waals surface area contributed by atoms with Gasteiger partial charge in [0, 0.05) is 22.4 Å². The lowest BCUT2D eigenvalue weighted by atomic mass is 9.75. The Morgan fingerprint density at radius 1 is 1.20 bits per heavy atom. The van der Waals surface area contributed by atoms with Crippen molar-refractivity contribution in [3.63, 3.8) is 0 Å². The largest absolute Gasteiger partial charge is 0.447 e. The topological polar surface area (TPSA) is 197 Å². The van der Waals surface area contributed by atoms with Crippen molar-refractivity contribution in [1.29, 1.82) is 0 Å². The monoisotopic (exact) mass is 729 g/mol. The number of nitrogens with zero attached hydrogens (tertiary/aromatic N) is 6. The molecule has 0 radical (unpaired) electrons. The molecule has 0 spiro atoms. The Kier molecular flexibility index (Phi) is 11.8. The molecule has 0 unspecified atom stereocenters. The number of aliphatic imine (C=N–C) groups is 1. The number of rotatable bonds is 14. The second kappa shape index (κ2) is 15.5. The number of nitrogens with two attached hydrogens (primary N) is 1. The number of aliphatic hydroxyl groups is 2. The predicted molar refractivity (Wildman–Crippen MR) is 187 cm³/mol. The molecule has 0 fully saturated rings. The van der Waals surface area contributed by atoms with E-state index in [-0.39, 0.29) is 23.0 Å². The number of allylic oxidation sites excluding steroid dienone is 3. The summed E-state index contributed by atoms with van der Waals surface area (Å²) >= 11 is 6.54. The van der Waals surface area contributed by atoms with Gasteiger partial charge >= 0.3 is 12.6 Å². The number of hydrogen-bond acceptors (Lipinski definition) is 10. The van der Waals surface area contributed by atoms with E-state index < -0.39 is 60.9 Å². The zero-order valence-electron chi connectivity index (χ0n) is 28.9. The SMILES string of the molecule is C=C(/C=C(\C(Cl)=C/C)c1ncn[nH]1)[C@@H](COC(=O)NC(C)(CO)CO)N1C(=O)[C@@](CC(C)(C)C)(c2ccc(-c3cnn(C(F)F)c3)cc2)N=C1N. The number of aromatic nitrogens is 5. The van der Waals surface area contributed by atoms with Crippen molar-refractivity contribution in [2.45, 2.75) is 64.7 Å². The Hall–Kier alpha value is -4.93. The van der Waals surface area contributed by atoms with E-state index in [0.717, 1.165) is 0 Å². The van der Waals surface area contributed by atoms with Gasteiger partial charge in [-0.05, 0) is 48.5 Å². The number of guanidine groups is 1. The highest BCUT2D eigenvalue weighted by Gasteiger charge is 2.53. The van der Waals surface area contributed by atoms with Gasteiger partial charge in [-0.3, -0.25) is 14.8 Å². The van der Waals surface area contributed by atoms with Crippen LogP contribution in [0.4, 0.5) is 13.6 Å². The molecule has 17 heteroatoms. The first-order valence-electron chi connectivity index (χ1n) is 15.8. The Labute approximate surface area is 298 Å². The minimum atomic E-state index is -2.80. The summed E-state index contributed by atoms with van der Waals surface area (Å²) in [7, 11) is 0. The Morgan fingerprint density at radius 3 is 2.39 bits per heavy atom. The van der Waals surface area contributed by atoms with Gasteiger partial charge < -0.3 is 26.0 Å². The number of carbonyl (C=O) groups excluding carboxylic acids is 2. The van der Waals surface area contributed by atoms with Crippen LogP contribution in [-0.4, -0.2) is 89.4 Å². The number of aliphatic hydroxyl groups excluding tert-OH is 2. The van der Waals surface area contributed by atoms with E-state index in [1.807, 2.05) is 20.8 Å². The maximum atomic E-state index is 14.9. The molecule has 1 aliphatic rings. The third kappa shape index (κ3) is 8.69. The van der Waals surface area contributed by atoms with Gasteiger partial charge in [0.05, 0.1) is 31.0 Å². The number of ether oxygens (including phenoxy) is 1. The molecular weight excluding hydrogens is 688 g/mol. The van der Waals surface area contributed by atoms with E-state index in [1.165, 1.54) is 30.5 Å². The van der Waals surface area contributed by atoms with Gasteiger partial charge in [0.15, 0.2) is 17.3 Å². The molecule has 2 aromatic heterocycles. The summed E-state index contributed by atoms with van der Waals surface area (Å²) in [5.74, 6) is -0.413. The predicted octanol–water partition coefficient (Wildman–Crippen LogP) is 4.47. The first kappa shape index (κ1) is 38.9. The van der Waals surface area contributed by atoms with Gasteiger partial charge in [0.2, 0.25) is 0 Å². The minimum absolute atomic E-state index is 0.177. The lowest BCUT2D eigenvalue weighted by Gasteiger charge is -2.35. The van der Waals surface area contributed by atoms with Crippen LogP contribution in [0.25, 0.3) is 16.7 Å². The molecule has 51 heavy (non-hydrogen) atoms. The zero-order chi connectivity index (χ0) is 37.7. The number of aromatic amines is 1. The number of carbonyl (C=O) groups is 2. The van der Waals surface area contributed by atoms with Crippen molar-refractivity contribution < 1.29 is 33.3 Å². The van der Waals surface area contributed by atoms with Gasteiger partial charge in [-0.2, -0.15) is 19.0 Å². The fourth-order valence-corrected chi connectivity index (χ4v) is 5.69. The number of amides is 2. The van der Waals surface area contributed by atoms with Crippen molar-refractivity contribution in [3.05, 3.63) is 83.7 Å². The number of halogens is 3. The molecule has 3 heterocycles. The summed E-state index contributed by atoms with van der Waals surface area (Å²) in [5.41, 5.74) is 5.31. The summed E-state index contributed by atoms with van der Waals surface area (Å²) in [4.78, 5) is 37.9. The molecule has 14 nitrogen and oxygen atoms in total. The molecule has 274 valence electrons. The van der Waals surface area contributed by atoms with Crippen molar-refractivity contribution in [3.8, 4) is 11.1 Å². The van der Waals surface area contributed by atoms with E-state index >= 15 is 0 Å². The lowest BCUT2D eigenvalue weighted by Crippen LogP contribution is -2.54. The first-order valence-corrected chi connectivity index (χ1v) is 16.2. The Balaban J connectivity index is 1.78. The molecule has 3 aromatic rings. The van der Waals surface area contributed by atoms with Gasteiger partial charge in [-0.25, -0.2) is 19.5 Å². The number of H-pyrrole nitrogens is 1. The van der Waals surface area contributed by atoms with E-state index in [9.17, 15) is 28.6 Å². The second-order valence-electron chi connectivity index (χ2n) is 13.5. The minimum Gasteiger partial charge on any atom is -0.447 e. The van der Waals surface area contributed by atoms with Crippen LogP contribution in [0.15, 0.2) is 77.3 Å². The summed E-state index contributed by atoms with van der Waals surface area (Å²) in [6.07, 6.45) is 6.23. The molecule has 4 rings (SSSR count). The molecule has 6 N–H and O–H groups in total. The normalized spacial score (nSPS) is 17.9. The van der Waals surface area contributed by atoms with Crippen molar-refractivity contribution in [1.82, 2.24) is 35.2 Å². The van der Waals surface area contributed by atoms with Crippen molar-refractivity contribution in [2.24, 2.45) is 16.1 Å². The van der Waals surface area contributed by atoms with Crippen LogP contribution >= 0.6 is 11.6 Å². The van der Waals surface area contributed by atoms with E-state index in [4.69, 9.17) is 27.1 Å². The molecule has 2 amide bonds. The summed E-state index contributed by atoms with van der Waals surface area (Å²) < 4.78 is 32.4. The molecule has 0 saturated heterocycles. The van der Waals surface area contributed by atoms with Crippen LogP contribution in [0, 0.1) is 5.41 Å². The fourth-order valence-electron chi connectivity index (χ4n) is 5.54. The summed E-state index contributed by atoms with van der Waals surface area (Å²) in [6, 6.07) is 5.60. The van der Waals surface area contributed by atoms with Crippen LogP contribution in [-0.2, 0) is 15.1 Å². The second-order valence-corrected chi connectivity index (χ2v) is 13.9. The van der Waals surface area contributed by atoms with Gasteiger partial charge in [-0.1, -0.05) is 69.3 Å². The first-order chi connectivity index (χ1) is 24.0. The highest BCUT2D eigenvalue weighted by molar-refractivity contribution is 6.36. The molecule has 1 aromatic carbocycles. The van der Waals surface area contributed by atoms with Gasteiger partial charge in [0.25, 0.3) is 5.91 Å². The highest BCUT2D eigenvalue weighted by atomic mass is 35.5. The maximum Gasteiger partial charge on any atom is 0.407 e. The molecule has 0 bridgehead atoms. The van der Waals surface area contributed by atoms with E-state index in [2.05, 4.69) is 32.2 Å². The molecular formula is C34H42ClF2N9O5.